The highest BCUT2D eigenvalue weighted by Crippen LogP contribution is 2.28. The van der Waals surface area contributed by atoms with Crippen molar-refractivity contribution in [2.45, 2.75) is 26.2 Å². The van der Waals surface area contributed by atoms with Crippen LogP contribution in [0.15, 0.2) is 16.5 Å². The van der Waals surface area contributed by atoms with Crippen LogP contribution in [0.1, 0.15) is 26.7 Å². The van der Waals surface area contributed by atoms with E-state index in [4.69, 9.17) is 16.0 Å². The van der Waals surface area contributed by atoms with Crippen LogP contribution in [-0.2, 0) is 5.41 Å². The third-order valence-corrected chi connectivity index (χ3v) is 2.36. The molecule has 0 unspecified atom stereocenters. The SMILES string of the molecule is CC(C)(C)c1nc2cc(Cl)c(F)cc2o1. The molecule has 4 heteroatoms. The second kappa shape index (κ2) is 3.20. The minimum absolute atomic E-state index is 0.0660. The number of oxazole rings is 1. The second-order valence-corrected chi connectivity index (χ2v) is 4.91. The molecule has 80 valence electrons. The lowest BCUT2D eigenvalue weighted by molar-refractivity contribution is 0.410. The molecule has 0 amide bonds. The maximum Gasteiger partial charge on any atom is 0.200 e. The van der Waals surface area contributed by atoms with Crippen molar-refractivity contribution in [1.82, 2.24) is 4.98 Å². The molecule has 0 saturated heterocycles. The largest absolute Gasteiger partial charge is 0.440 e. The van der Waals surface area contributed by atoms with Crippen LogP contribution >= 0.6 is 11.6 Å². The zero-order chi connectivity index (χ0) is 11.2. The Morgan fingerprint density at radius 1 is 1.33 bits per heavy atom. The quantitative estimate of drug-likeness (QED) is 0.682. The summed E-state index contributed by atoms with van der Waals surface area (Å²) >= 11 is 5.65. The Kier molecular flexibility index (Phi) is 2.23. The predicted octanol–water partition coefficient (Wildman–Crippen LogP) is 3.92. The molecule has 0 saturated carbocycles. The summed E-state index contributed by atoms with van der Waals surface area (Å²) < 4.78 is 18.6. The monoisotopic (exact) mass is 227 g/mol. The summed E-state index contributed by atoms with van der Waals surface area (Å²) in [6.45, 7) is 5.95. The molecule has 0 spiro atoms. The van der Waals surface area contributed by atoms with E-state index in [0.29, 0.717) is 17.0 Å². The van der Waals surface area contributed by atoms with Gasteiger partial charge in [0.05, 0.1) is 5.02 Å². The van der Waals surface area contributed by atoms with Gasteiger partial charge < -0.3 is 4.42 Å². The van der Waals surface area contributed by atoms with Gasteiger partial charge in [-0.25, -0.2) is 9.37 Å². The van der Waals surface area contributed by atoms with Gasteiger partial charge in [0.2, 0.25) is 5.89 Å². The van der Waals surface area contributed by atoms with Crippen molar-refractivity contribution in [2.75, 3.05) is 0 Å². The molecule has 2 aromatic rings. The van der Waals surface area contributed by atoms with Crippen LogP contribution < -0.4 is 0 Å². The smallest absolute Gasteiger partial charge is 0.200 e. The van der Waals surface area contributed by atoms with Crippen molar-refractivity contribution in [3.8, 4) is 0 Å². The van der Waals surface area contributed by atoms with Gasteiger partial charge in [-0.2, -0.15) is 0 Å². The summed E-state index contributed by atoms with van der Waals surface area (Å²) in [4.78, 5) is 4.27. The topological polar surface area (TPSA) is 26.0 Å². The highest BCUT2D eigenvalue weighted by atomic mass is 35.5. The summed E-state index contributed by atoms with van der Waals surface area (Å²) in [6, 6.07) is 2.74. The van der Waals surface area contributed by atoms with E-state index in [1.54, 1.807) is 0 Å². The first kappa shape index (κ1) is 10.4. The number of hydrogen-bond donors (Lipinski definition) is 0. The number of hydrogen-bond acceptors (Lipinski definition) is 2. The molecule has 0 fully saturated rings. The fraction of sp³-hybridized carbons (Fsp3) is 0.364. The van der Waals surface area contributed by atoms with Crippen LogP contribution in [0.3, 0.4) is 0 Å². The molecule has 1 aromatic carbocycles. The maximum absolute atomic E-state index is 13.1. The summed E-state index contributed by atoms with van der Waals surface area (Å²) in [7, 11) is 0. The minimum Gasteiger partial charge on any atom is -0.440 e. The average molecular weight is 228 g/mol. The van der Waals surface area contributed by atoms with Gasteiger partial charge >= 0.3 is 0 Å². The fourth-order valence-electron chi connectivity index (χ4n) is 1.24. The van der Waals surface area contributed by atoms with Crippen LogP contribution in [0.2, 0.25) is 5.02 Å². The number of halogens is 2. The van der Waals surface area contributed by atoms with E-state index < -0.39 is 5.82 Å². The Labute approximate surface area is 92.1 Å². The number of rotatable bonds is 0. The second-order valence-electron chi connectivity index (χ2n) is 4.50. The van der Waals surface area contributed by atoms with Crippen molar-refractivity contribution in [3.63, 3.8) is 0 Å². The lowest BCUT2D eigenvalue weighted by Gasteiger charge is -2.11. The van der Waals surface area contributed by atoms with E-state index in [9.17, 15) is 4.39 Å². The summed E-state index contributed by atoms with van der Waals surface area (Å²) in [5.74, 6) is 0.0972. The van der Waals surface area contributed by atoms with Crippen LogP contribution in [0.5, 0.6) is 0 Å². The van der Waals surface area contributed by atoms with E-state index in [0.717, 1.165) is 0 Å². The number of benzene rings is 1. The zero-order valence-electron chi connectivity index (χ0n) is 8.77. The molecule has 0 aliphatic rings. The van der Waals surface area contributed by atoms with Crippen molar-refractivity contribution >= 4 is 22.7 Å². The van der Waals surface area contributed by atoms with Crippen LogP contribution in [0.4, 0.5) is 4.39 Å². The molecule has 1 heterocycles. The molecule has 1 aromatic heterocycles. The minimum atomic E-state index is -0.485. The van der Waals surface area contributed by atoms with E-state index in [1.165, 1.54) is 12.1 Å². The first-order valence-corrected chi connectivity index (χ1v) is 5.02. The fourth-order valence-corrected chi connectivity index (χ4v) is 1.40. The third kappa shape index (κ3) is 1.84. The molecule has 0 aliphatic heterocycles. The van der Waals surface area contributed by atoms with E-state index >= 15 is 0 Å². The van der Waals surface area contributed by atoms with E-state index in [-0.39, 0.29) is 10.4 Å². The van der Waals surface area contributed by atoms with Gasteiger partial charge in [0.1, 0.15) is 11.3 Å². The van der Waals surface area contributed by atoms with Crippen LogP contribution in [-0.4, -0.2) is 4.98 Å². The molecule has 2 nitrogen and oxygen atoms in total. The highest BCUT2D eigenvalue weighted by Gasteiger charge is 2.21. The molecular weight excluding hydrogens is 217 g/mol. The molecule has 0 bridgehead atoms. The molecule has 0 radical (unpaired) electrons. The first-order chi connectivity index (χ1) is 6.88. The average Bonchev–Trinajstić information content (AvgIpc) is 2.47. The van der Waals surface area contributed by atoms with E-state index in [1.807, 2.05) is 20.8 Å². The number of aromatic nitrogens is 1. The Bertz CT molecular complexity index is 474. The summed E-state index contributed by atoms with van der Waals surface area (Å²) in [6.07, 6.45) is 0. The summed E-state index contributed by atoms with van der Waals surface area (Å²) in [5.41, 5.74) is 0.829. The number of fused-ring (bicyclic) bond motifs is 1. The van der Waals surface area contributed by atoms with Crippen LogP contribution in [0, 0.1) is 5.82 Å². The molecule has 0 atom stereocenters. The Morgan fingerprint density at radius 2 is 2.00 bits per heavy atom. The predicted molar refractivity (Wildman–Crippen MR) is 57.7 cm³/mol. The lowest BCUT2D eigenvalue weighted by atomic mass is 9.97. The highest BCUT2D eigenvalue weighted by molar-refractivity contribution is 6.31. The van der Waals surface area contributed by atoms with Crippen molar-refractivity contribution in [3.05, 3.63) is 28.9 Å². The standard InChI is InChI=1S/C11H11ClFNO/c1-11(2,3)10-14-8-4-6(12)7(13)5-9(8)15-10/h4-5H,1-3H3. The molecule has 2 rings (SSSR count). The Hall–Kier alpha value is -1.09. The van der Waals surface area contributed by atoms with Crippen molar-refractivity contribution < 1.29 is 8.81 Å². The maximum atomic E-state index is 13.1. The van der Waals surface area contributed by atoms with Crippen LogP contribution in [0.25, 0.3) is 11.1 Å². The van der Waals surface area contributed by atoms with E-state index in [2.05, 4.69) is 4.98 Å². The van der Waals surface area contributed by atoms with Gasteiger partial charge in [0, 0.05) is 11.5 Å². The Morgan fingerprint density at radius 3 is 2.60 bits per heavy atom. The molecule has 0 aliphatic carbocycles. The number of nitrogens with zero attached hydrogens (tertiary/aromatic N) is 1. The first-order valence-electron chi connectivity index (χ1n) is 4.64. The third-order valence-electron chi connectivity index (χ3n) is 2.07. The summed E-state index contributed by atoms with van der Waals surface area (Å²) in [5, 5.41) is 0.0660. The van der Waals surface area contributed by atoms with Gasteiger partial charge in [-0.15, -0.1) is 0 Å². The Balaban J connectivity index is 2.66. The normalized spacial score (nSPS) is 12.3. The molecular formula is C11H11ClFNO. The zero-order valence-corrected chi connectivity index (χ0v) is 9.52. The van der Waals surface area contributed by atoms with Gasteiger partial charge in [-0.1, -0.05) is 32.4 Å². The van der Waals surface area contributed by atoms with Gasteiger partial charge in [-0.05, 0) is 6.07 Å². The van der Waals surface area contributed by atoms with Gasteiger partial charge in [0.15, 0.2) is 5.58 Å². The van der Waals surface area contributed by atoms with Gasteiger partial charge in [0.25, 0.3) is 0 Å². The van der Waals surface area contributed by atoms with Gasteiger partial charge in [-0.3, -0.25) is 0 Å². The molecule has 15 heavy (non-hydrogen) atoms. The lowest BCUT2D eigenvalue weighted by Crippen LogP contribution is -2.10. The molecule has 0 N–H and O–H groups in total. The van der Waals surface area contributed by atoms with Crippen molar-refractivity contribution in [2.24, 2.45) is 0 Å². The van der Waals surface area contributed by atoms with Crippen molar-refractivity contribution in [1.29, 1.82) is 0 Å².